The van der Waals surface area contributed by atoms with Crippen molar-refractivity contribution in [2.75, 3.05) is 14.2 Å². The van der Waals surface area contributed by atoms with Gasteiger partial charge in [-0.2, -0.15) is 0 Å². The molecule has 0 saturated heterocycles. The van der Waals surface area contributed by atoms with Crippen molar-refractivity contribution in [1.29, 1.82) is 0 Å². The summed E-state index contributed by atoms with van der Waals surface area (Å²) in [4.78, 5) is 15.1. The molecule has 0 fully saturated rings. The number of ether oxygens (including phenoxy) is 2. The maximum Gasteiger partial charge on any atom is 0.338 e. The second-order valence-electron chi connectivity index (χ2n) is 2.71. The van der Waals surface area contributed by atoms with Gasteiger partial charge in [-0.05, 0) is 22.6 Å². The van der Waals surface area contributed by atoms with Crippen LogP contribution in [0.1, 0.15) is 22.3 Å². The van der Waals surface area contributed by atoms with Crippen molar-refractivity contribution in [2.24, 2.45) is 0 Å². The topological polar surface area (TPSA) is 48.4 Å². The molecule has 4 nitrogen and oxygen atoms in total. The summed E-state index contributed by atoms with van der Waals surface area (Å²) in [6.07, 6.45) is -2.79. The quantitative estimate of drug-likeness (QED) is 0.481. The maximum absolute atomic E-state index is 12.7. The van der Waals surface area contributed by atoms with Crippen LogP contribution in [0.3, 0.4) is 0 Å². The molecule has 1 heterocycles. The molecule has 0 radical (unpaired) electrons. The standard InChI is InChI=1S/C9H8F2INO3/c1-15-5-3-4(9(14)16-2)6(7(10)11)8(12)13-5/h3,7H,1-2H3. The van der Waals surface area contributed by atoms with Gasteiger partial charge in [0.2, 0.25) is 5.88 Å². The Morgan fingerprint density at radius 1 is 1.50 bits per heavy atom. The number of methoxy groups -OCH3 is 2. The summed E-state index contributed by atoms with van der Waals surface area (Å²) >= 11 is 1.62. The highest BCUT2D eigenvalue weighted by molar-refractivity contribution is 14.1. The number of alkyl halides is 2. The van der Waals surface area contributed by atoms with Crippen LogP contribution in [0, 0.1) is 3.70 Å². The fraction of sp³-hybridized carbons (Fsp3) is 0.333. The summed E-state index contributed by atoms with van der Waals surface area (Å²) in [6.45, 7) is 0. The van der Waals surface area contributed by atoms with Crippen LogP contribution in [0.25, 0.3) is 0 Å². The number of halogens is 3. The Morgan fingerprint density at radius 3 is 2.56 bits per heavy atom. The molecule has 0 aliphatic rings. The van der Waals surface area contributed by atoms with Crippen LogP contribution >= 0.6 is 22.6 Å². The average Bonchev–Trinajstić information content (AvgIpc) is 2.26. The summed E-state index contributed by atoms with van der Waals surface area (Å²) in [6, 6.07) is 1.13. The maximum atomic E-state index is 12.7. The fourth-order valence-electron chi connectivity index (χ4n) is 1.09. The van der Waals surface area contributed by atoms with E-state index in [1.165, 1.54) is 7.11 Å². The zero-order valence-electron chi connectivity index (χ0n) is 8.46. The first-order chi connectivity index (χ1) is 7.51. The minimum atomic E-state index is -2.79. The first kappa shape index (κ1) is 13.1. The lowest BCUT2D eigenvalue weighted by Gasteiger charge is -2.10. The van der Waals surface area contributed by atoms with E-state index in [1.807, 2.05) is 0 Å². The number of hydrogen-bond acceptors (Lipinski definition) is 4. The molecule has 0 N–H and O–H groups in total. The smallest absolute Gasteiger partial charge is 0.338 e. The Bertz CT molecular complexity index is 412. The van der Waals surface area contributed by atoms with E-state index in [1.54, 1.807) is 22.6 Å². The number of hydrogen-bond donors (Lipinski definition) is 0. The third-order valence-electron chi connectivity index (χ3n) is 1.82. The van der Waals surface area contributed by atoms with E-state index in [2.05, 4.69) is 9.72 Å². The SMILES string of the molecule is COC(=O)c1cc(OC)nc(I)c1C(F)F. The molecule has 0 atom stereocenters. The van der Waals surface area contributed by atoms with Gasteiger partial charge in [0, 0.05) is 6.07 Å². The third-order valence-corrected chi connectivity index (χ3v) is 2.64. The Balaban J connectivity index is 3.40. The molecule has 1 rings (SSSR count). The Labute approximate surface area is 104 Å². The fourth-order valence-corrected chi connectivity index (χ4v) is 1.86. The molecule has 0 spiro atoms. The van der Waals surface area contributed by atoms with Crippen molar-refractivity contribution in [2.45, 2.75) is 6.43 Å². The predicted octanol–water partition coefficient (Wildman–Crippen LogP) is 2.42. The van der Waals surface area contributed by atoms with Gasteiger partial charge < -0.3 is 9.47 Å². The Hall–Kier alpha value is -0.990. The summed E-state index contributed by atoms with van der Waals surface area (Å²) in [5.41, 5.74) is -0.665. The summed E-state index contributed by atoms with van der Waals surface area (Å²) < 4.78 is 34.7. The third kappa shape index (κ3) is 2.57. The van der Waals surface area contributed by atoms with Crippen LogP contribution in [0.4, 0.5) is 8.78 Å². The minimum Gasteiger partial charge on any atom is -0.481 e. The van der Waals surface area contributed by atoms with Crippen LogP contribution < -0.4 is 4.74 Å². The van der Waals surface area contributed by atoms with Gasteiger partial charge in [-0.25, -0.2) is 18.6 Å². The van der Waals surface area contributed by atoms with Gasteiger partial charge in [0.05, 0.1) is 25.3 Å². The van der Waals surface area contributed by atoms with Gasteiger partial charge in [-0.15, -0.1) is 0 Å². The van der Waals surface area contributed by atoms with Crippen LogP contribution in [0.2, 0.25) is 0 Å². The molecule has 0 amide bonds. The van der Waals surface area contributed by atoms with Gasteiger partial charge in [-0.1, -0.05) is 0 Å². The van der Waals surface area contributed by atoms with E-state index < -0.39 is 18.0 Å². The van der Waals surface area contributed by atoms with Crippen molar-refractivity contribution in [3.8, 4) is 5.88 Å². The molecular weight excluding hydrogens is 335 g/mol. The summed E-state index contributed by atoms with van der Waals surface area (Å²) in [5, 5.41) is 0. The van der Waals surface area contributed by atoms with Crippen LogP contribution in [-0.2, 0) is 4.74 Å². The van der Waals surface area contributed by atoms with Crippen molar-refractivity contribution in [1.82, 2.24) is 4.98 Å². The van der Waals surface area contributed by atoms with E-state index in [-0.39, 0.29) is 15.1 Å². The van der Waals surface area contributed by atoms with Crippen molar-refractivity contribution >= 4 is 28.6 Å². The highest BCUT2D eigenvalue weighted by Crippen LogP contribution is 2.29. The molecule has 0 aliphatic heterocycles. The molecule has 7 heteroatoms. The lowest BCUT2D eigenvalue weighted by Crippen LogP contribution is -2.10. The molecule has 1 aromatic heterocycles. The number of esters is 1. The van der Waals surface area contributed by atoms with E-state index >= 15 is 0 Å². The lowest BCUT2D eigenvalue weighted by molar-refractivity contribution is 0.0588. The van der Waals surface area contributed by atoms with E-state index in [0.717, 1.165) is 13.2 Å². The molecule has 0 saturated carbocycles. The lowest BCUT2D eigenvalue weighted by atomic mass is 10.1. The van der Waals surface area contributed by atoms with Crippen molar-refractivity contribution < 1.29 is 23.0 Å². The van der Waals surface area contributed by atoms with Gasteiger partial charge in [0.15, 0.2) is 0 Å². The van der Waals surface area contributed by atoms with Crippen LogP contribution in [0.15, 0.2) is 6.07 Å². The number of nitrogens with zero attached hydrogens (tertiary/aromatic N) is 1. The highest BCUT2D eigenvalue weighted by Gasteiger charge is 2.24. The second-order valence-corrected chi connectivity index (χ2v) is 3.73. The van der Waals surface area contributed by atoms with Gasteiger partial charge in [-0.3, -0.25) is 0 Å². The van der Waals surface area contributed by atoms with Crippen molar-refractivity contribution in [3.63, 3.8) is 0 Å². The van der Waals surface area contributed by atoms with Crippen molar-refractivity contribution in [3.05, 3.63) is 20.9 Å². The van der Waals surface area contributed by atoms with E-state index in [4.69, 9.17) is 4.74 Å². The zero-order valence-corrected chi connectivity index (χ0v) is 10.6. The molecule has 16 heavy (non-hydrogen) atoms. The highest BCUT2D eigenvalue weighted by atomic mass is 127. The number of carbonyl (C=O) groups is 1. The number of pyridine rings is 1. The summed E-state index contributed by atoms with van der Waals surface area (Å²) in [5.74, 6) is -0.747. The van der Waals surface area contributed by atoms with E-state index in [0.29, 0.717) is 0 Å². The largest absolute Gasteiger partial charge is 0.481 e. The van der Waals surface area contributed by atoms with Gasteiger partial charge in [0.1, 0.15) is 3.70 Å². The molecule has 0 bridgehead atoms. The van der Waals surface area contributed by atoms with Crippen LogP contribution in [0.5, 0.6) is 5.88 Å². The van der Waals surface area contributed by atoms with Crippen LogP contribution in [-0.4, -0.2) is 25.2 Å². The molecule has 88 valence electrons. The molecule has 0 unspecified atom stereocenters. The Kier molecular flexibility index (Phi) is 4.39. The predicted molar refractivity (Wildman–Crippen MR) is 59.8 cm³/mol. The first-order valence-electron chi connectivity index (χ1n) is 4.12. The van der Waals surface area contributed by atoms with Gasteiger partial charge in [0.25, 0.3) is 6.43 Å². The number of carbonyl (C=O) groups excluding carboxylic acids is 1. The average molecular weight is 343 g/mol. The molecule has 1 aromatic rings. The first-order valence-corrected chi connectivity index (χ1v) is 5.20. The second kappa shape index (κ2) is 5.37. The summed E-state index contributed by atoms with van der Waals surface area (Å²) in [7, 11) is 2.46. The Morgan fingerprint density at radius 2 is 2.12 bits per heavy atom. The van der Waals surface area contributed by atoms with E-state index in [9.17, 15) is 13.6 Å². The zero-order chi connectivity index (χ0) is 12.3. The monoisotopic (exact) mass is 343 g/mol. The number of rotatable bonds is 3. The molecular formula is C9H8F2INO3. The minimum absolute atomic E-state index is 0.0207. The normalized spacial score (nSPS) is 10.4. The van der Waals surface area contributed by atoms with Gasteiger partial charge >= 0.3 is 5.97 Å². The number of aromatic nitrogens is 1. The molecule has 0 aromatic carbocycles. The molecule has 0 aliphatic carbocycles.